The number of ether oxygens (including phenoxy) is 1. The maximum absolute atomic E-state index is 11.4. The van der Waals surface area contributed by atoms with Crippen molar-refractivity contribution < 1.29 is 14.6 Å². The fourth-order valence-corrected chi connectivity index (χ4v) is 1.81. The van der Waals surface area contributed by atoms with E-state index in [1.165, 1.54) is 7.11 Å². The van der Waals surface area contributed by atoms with Gasteiger partial charge in [-0.1, -0.05) is 31.9 Å². The number of aliphatic hydroxyl groups is 1. The van der Waals surface area contributed by atoms with E-state index in [4.69, 9.17) is 5.73 Å². The fraction of sp³-hybridized carbons (Fsp3) is 0.500. The van der Waals surface area contributed by atoms with Crippen molar-refractivity contribution in [2.24, 2.45) is 5.73 Å². The summed E-state index contributed by atoms with van der Waals surface area (Å²) in [6.07, 6.45) is 2.04. The van der Waals surface area contributed by atoms with E-state index >= 15 is 0 Å². The molecule has 0 aliphatic heterocycles. The number of esters is 1. The molecular weight excluding hydrogens is 230 g/mol. The van der Waals surface area contributed by atoms with Crippen LogP contribution in [0.25, 0.3) is 0 Å². The molecule has 4 heteroatoms. The summed E-state index contributed by atoms with van der Waals surface area (Å²) in [5.74, 6) is -0.396. The van der Waals surface area contributed by atoms with Gasteiger partial charge in [0.25, 0.3) is 0 Å². The van der Waals surface area contributed by atoms with Gasteiger partial charge in [0.05, 0.1) is 24.8 Å². The van der Waals surface area contributed by atoms with Crippen LogP contribution in [0.3, 0.4) is 0 Å². The van der Waals surface area contributed by atoms with Gasteiger partial charge in [0, 0.05) is 0 Å². The zero-order valence-electron chi connectivity index (χ0n) is 10.9. The van der Waals surface area contributed by atoms with Gasteiger partial charge in [-0.2, -0.15) is 0 Å². The maximum Gasteiger partial charge on any atom is 0.337 e. The minimum Gasteiger partial charge on any atom is -0.465 e. The minimum atomic E-state index is -0.585. The van der Waals surface area contributed by atoms with Gasteiger partial charge in [0.2, 0.25) is 0 Å². The number of nitrogens with two attached hydrogens (primary N) is 1. The quantitative estimate of drug-likeness (QED) is 0.759. The van der Waals surface area contributed by atoms with Gasteiger partial charge in [-0.05, 0) is 24.1 Å². The Morgan fingerprint density at radius 3 is 2.83 bits per heavy atom. The Hall–Kier alpha value is -1.39. The number of rotatable bonds is 6. The van der Waals surface area contributed by atoms with Crippen LogP contribution in [0, 0.1) is 0 Å². The largest absolute Gasteiger partial charge is 0.465 e. The Balaban J connectivity index is 2.79. The number of carbonyl (C=O) groups excluding carboxylic acids is 1. The summed E-state index contributed by atoms with van der Waals surface area (Å²) in [4.78, 5) is 11.4. The lowest BCUT2D eigenvalue weighted by Crippen LogP contribution is -2.26. The Kier molecular flexibility index (Phi) is 5.82. The third kappa shape index (κ3) is 3.82. The van der Waals surface area contributed by atoms with Crippen LogP contribution in [0.5, 0.6) is 0 Å². The number of carbonyl (C=O) groups is 1. The molecule has 0 fully saturated rings. The first-order valence-corrected chi connectivity index (χ1v) is 6.22. The Labute approximate surface area is 108 Å². The second kappa shape index (κ2) is 7.13. The molecule has 0 bridgehead atoms. The van der Waals surface area contributed by atoms with Gasteiger partial charge in [0.15, 0.2) is 0 Å². The molecule has 4 nitrogen and oxygen atoms in total. The third-order valence-electron chi connectivity index (χ3n) is 2.96. The molecule has 0 unspecified atom stereocenters. The van der Waals surface area contributed by atoms with Gasteiger partial charge < -0.3 is 15.6 Å². The van der Waals surface area contributed by atoms with E-state index in [-0.39, 0.29) is 0 Å². The monoisotopic (exact) mass is 251 g/mol. The average molecular weight is 251 g/mol. The number of aliphatic hydroxyl groups excluding tert-OH is 1. The van der Waals surface area contributed by atoms with Crippen molar-refractivity contribution in [3.8, 4) is 0 Å². The molecule has 1 aromatic rings. The lowest BCUT2D eigenvalue weighted by molar-refractivity contribution is 0.0600. The molecule has 0 spiro atoms. The van der Waals surface area contributed by atoms with Gasteiger partial charge in [-0.15, -0.1) is 0 Å². The molecule has 0 saturated heterocycles. The summed E-state index contributed by atoms with van der Waals surface area (Å²) < 4.78 is 4.65. The van der Waals surface area contributed by atoms with Crippen molar-refractivity contribution in [1.29, 1.82) is 0 Å². The summed E-state index contributed by atoms with van der Waals surface area (Å²) in [5, 5.41) is 9.95. The van der Waals surface area contributed by atoms with Crippen LogP contribution >= 0.6 is 0 Å². The lowest BCUT2D eigenvalue weighted by atomic mass is 9.97. The minimum absolute atomic E-state index is 0.396. The third-order valence-corrected chi connectivity index (χ3v) is 2.96. The van der Waals surface area contributed by atoms with E-state index in [1.807, 2.05) is 6.07 Å². The molecule has 0 aliphatic carbocycles. The summed E-state index contributed by atoms with van der Waals surface area (Å²) in [5.41, 5.74) is 7.19. The Morgan fingerprint density at radius 1 is 1.50 bits per heavy atom. The molecule has 0 radical (unpaired) electrons. The van der Waals surface area contributed by atoms with Gasteiger partial charge in [0.1, 0.15) is 0 Å². The zero-order valence-corrected chi connectivity index (χ0v) is 10.9. The van der Waals surface area contributed by atoms with E-state index in [0.717, 1.165) is 18.4 Å². The van der Waals surface area contributed by atoms with Crippen LogP contribution in [0.1, 0.15) is 48.1 Å². The number of unbranched alkanes of at least 4 members (excludes halogenated alkanes) is 1. The van der Waals surface area contributed by atoms with Crippen LogP contribution in [0.15, 0.2) is 24.3 Å². The molecule has 2 atom stereocenters. The number of benzene rings is 1. The predicted molar refractivity (Wildman–Crippen MR) is 70.2 cm³/mol. The van der Waals surface area contributed by atoms with Crippen molar-refractivity contribution in [3.63, 3.8) is 0 Å². The normalized spacial score (nSPS) is 14.0. The van der Waals surface area contributed by atoms with E-state index in [9.17, 15) is 9.90 Å². The van der Waals surface area contributed by atoms with Crippen LogP contribution < -0.4 is 5.73 Å². The van der Waals surface area contributed by atoms with Gasteiger partial charge >= 0.3 is 5.97 Å². The van der Waals surface area contributed by atoms with Crippen molar-refractivity contribution in [2.45, 2.75) is 38.3 Å². The highest BCUT2D eigenvalue weighted by molar-refractivity contribution is 5.89. The molecule has 1 rings (SSSR count). The standard InChI is InChI=1S/C14H21NO3/c1-3-4-8-12(16)13(15)10-6-5-7-11(9-10)14(17)18-2/h5-7,9,12-13,16H,3-4,8,15H2,1-2H3/t12-,13+/m0/s1. The SMILES string of the molecule is CCCC[C@H](O)[C@H](N)c1cccc(C(=O)OC)c1. The fourth-order valence-electron chi connectivity index (χ4n) is 1.81. The van der Waals surface area contributed by atoms with Crippen molar-refractivity contribution in [2.75, 3.05) is 7.11 Å². The summed E-state index contributed by atoms with van der Waals surface area (Å²) in [6, 6.07) is 6.42. The van der Waals surface area contributed by atoms with Crippen molar-refractivity contribution >= 4 is 5.97 Å². The van der Waals surface area contributed by atoms with E-state index in [0.29, 0.717) is 12.0 Å². The van der Waals surface area contributed by atoms with E-state index < -0.39 is 18.1 Å². The molecule has 0 aliphatic rings. The average Bonchev–Trinajstić information content (AvgIpc) is 2.43. The highest BCUT2D eigenvalue weighted by Gasteiger charge is 2.17. The van der Waals surface area contributed by atoms with Crippen LogP contribution in [-0.2, 0) is 4.74 Å². The summed E-state index contributed by atoms with van der Waals surface area (Å²) >= 11 is 0. The summed E-state index contributed by atoms with van der Waals surface area (Å²) in [6.45, 7) is 2.07. The molecule has 3 N–H and O–H groups in total. The van der Waals surface area contributed by atoms with Crippen molar-refractivity contribution in [3.05, 3.63) is 35.4 Å². The molecule has 100 valence electrons. The first kappa shape index (κ1) is 14.7. The second-order valence-electron chi connectivity index (χ2n) is 4.35. The van der Waals surface area contributed by atoms with Crippen molar-refractivity contribution in [1.82, 2.24) is 0 Å². The summed E-state index contributed by atoms with van der Waals surface area (Å²) in [7, 11) is 1.34. The molecule has 0 amide bonds. The van der Waals surface area contributed by atoms with Crippen LogP contribution in [0.2, 0.25) is 0 Å². The van der Waals surface area contributed by atoms with Crippen LogP contribution in [-0.4, -0.2) is 24.3 Å². The molecule has 0 aromatic heterocycles. The predicted octanol–water partition coefficient (Wildman–Crippen LogP) is 2.02. The smallest absolute Gasteiger partial charge is 0.337 e. The second-order valence-corrected chi connectivity index (χ2v) is 4.35. The van der Waals surface area contributed by atoms with Gasteiger partial charge in [-0.25, -0.2) is 4.79 Å². The number of methoxy groups -OCH3 is 1. The Morgan fingerprint density at radius 2 is 2.22 bits per heavy atom. The first-order valence-electron chi connectivity index (χ1n) is 6.22. The molecule has 18 heavy (non-hydrogen) atoms. The molecular formula is C14H21NO3. The highest BCUT2D eigenvalue weighted by Crippen LogP contribution is 2.19. The van der Waals surface area contributed by atoms with E-state index in [1.54, 1.807) is 18.2 Å². The first-order chi connectivity index (χ1) is 8.60. The van der Waals surface area contributed by atoms with E-state index in [2.05, 4.69) is 11.7 Å². The number of hydrogen-bond donors (Lipinski definition) is 2. The molecule has 0 saturated carbocycles. The Bertz CT molecular complexity index is 392. The van der Waals surface area contributed by atoms with Gasteiger partial charge in [-0.3, -0.25) is 0 Å². The topological polar surface area (TPSA) is 72.5 Å². The lowest BCUT2D eigenvalue weighted by Gasteiger charge is -2.19. The molecule has 1 aromatic carbocycles. The molecule has 0 heterocycles. The maximum atomic E-state index is 11.4. The van der Waals surface area contributed by atoms with Crippen LogP contribution in [0.4, 0.5) is 0 Å². The zero-order chi connectivity index (χ0) is 13.5. The highest BCUT2D eigenvalue weighted by atomic mass is 16.5. The number of hydrogen-bond acceptors (Lipinski definition) is 4.